The highest BCUT2D eigenvalue weighted by atomic mass is 19.4. The number of aromatic nitrogens is 3. The summed E-state index contributed by atoms with van der Waals surface area (Å²) in [6.07, 6.45) is -6.29. The maximum absolute atomic E-state index is 13.3. The van der Waals surface area contributed by atoms with E-state index in [1.54, 1.807) is 6.92 Å². The molecule has 6 nitrogen and oxygen atoms in total. The number of carbonyl (C=O) groups is 1. The molecule has 0 aliphatic rings. The number of rotatable bonds is 6. The zero-order chi connectivity index (χ0) is 22.1. The highest BCUT2D eigenvalue weighted by Crippen LogP contribution is 2.30. The summed E-state index contributed by atoms with van der Waals surface area (Å²) >= 11 is 0. The van der Waals surface area contributed by atoms with Crippen molar-refractivity contribution in [3.8, 4) is 0 Å². The lowest BCUT2D eigenvalue weighted by molar-refractivity contribution is -0.137. The third-order valence-corrected chi connectivity index (χ3v) is 4.45. The van der Waals surface area contributed by atoms with Crippen LogP contribution in [0.1, 0.15) is 30.9 Å². The quantitative estimate of drug-likeness (QED) is 0.599. The molecule has 3 rings (SSSR count). The third kappa shape index (κ3) is 4.50. The average Bonchev–Trinajstić information content (AvgIpc) is 3.10. The second-order valence-electron chi connectivity index (χ2n) is 6.49. The van der Waals surface area contributed by atoms with Gasteiger partial charge in [-0.2, -0.15) is 18.3 Å². The number of pyridine rings is 1. The topological polar surface area (TPSA) is 68.9 Å². The average molecular weight is 428 g/mol. The lowest BCUT2D eigenvalue weighted by Crippen LogP contribution is -2.24. The van der Waals surface area contributed by atoms with Gasteiger partial charge in [-0.1, -0.05) is 6.07 Å². The number of anilines is 1. The van der Waals surface area contributed by atoms with Crippen molar-refractivity contribution in [1.29, 1.82) is 0 Å². The molecule has 0 fully saturated rings. The third-order valence-electron chi connectivity index (χ3n) is 4.45. The summed E-state index contributed by atoms with van der Waals surface area (Å²) in [5.41, 5.74) is -2.13. The predicted molar refractivity (Wildman–Crippen MR) is 99.3 cm³/mol. The van der Waals surface area contributed by atoms with Gasteiger partial charge >= 0.3 is 6.18 Å². The van der Waals surface area contributed by atoms with Crippen molar-refractivity contribution in [2.45, 2.75) is 39.0 Å². The first kappa shape index (κ1) is 21.5. The molecule has 0 spiro atoms. The summed E-state index contributed by atoms with van der Waals surface area (Å²) in [5.74, 6) is -0.637. The van der Waals surface area contributed by atoms with Crippen LogP contribution in [0, 0.1) is 0 Å². The molecule has 11 heteroatoms. The molecule has 160 valence electrons. The molecule has 0 radical (unpaired) electrons. The largest absolute Gasteiger partial charge is 0.416 e. The maximum atomic E-state index is 13.3. The monoisotopic (exact) mass is 428 g/mol. The minimum atomic E-state index is -4.55. The van der Waals surface area contributed by atoms with Gasteiger partial charge in [0.25, 0.3) is 12.0 Å². The highest BCUT2D eigenvalue weighted by molar-refractivity contribution is 5.90. The van der Waals surface area contributed by atoms with E-state index in [9.17, 15) is 31.5 Å². The van der Waals surface area contributed by atoms with Gasteiger partial charge in [0.05, 0.1) is 5.56 Å². The number of nitrogens with one attached hydrogen (secondary N) is 1. The van der Waals surface area contributed by atoms with Gasteiger partial charge in [-0.05, 0) is 25.1 Å². The molecule has 3 aromatic rings. The van der Waals surface area contributed by atoms with Crippen LogP contribution in [0.2, 0.25) is 0 Å². The van der Waals surface area contributed by atoms with Crippen molar-refractivity contribution in [3.63, 3.8) is 0 Å². The summed E-state index contributed by atoms with van der Waals surface area (Å²) in [7, 11) is 0. The number of nitrogens with zero attached hydrogens (tertiary/aromatic N) is 3. The fraction of sp³-hybridized carbons (Fsp3) is 0.316. The van der Waals surface area contributed by atoms with Crippen LogP contribution in [0.3, 0.4) is 0 Å². The van der Waals surface area contributed by atoms with Crippen molar-refractivity contribution < 1.29 is 26.7 Å². The van der Waals surface area contributed by atoms with E-state index >= 15 is 0 Å². The van der Waals surface area contributed by atoms with Gasteiger partial charge in [-0.15, -0.1) is 0 Å². The van der Waals surface area contributed by atoms with E-state index < -0.39 is 35.2 Å². The van der Waals surface area contributed by atoms with E-state index in [1.165, 1.54) is 16.9 Å². The molecular formula is C19H17F5N4O2. The van der Waals surface area contributed by atoms with E-state index in [0.29, 0.717) is 6.54 Å². The van der Waals surface area contributed by atoms with Gasteiger partial charge in [0.1, 0.15) is 0 Å². The second kappa shape index (κ2) is 8.25. The van der Waals surface area contributed by atoms with Crippen LogP contribution in [-0.4, -0.2) is 20.3 Å². The minimum absolute atomic E-state index is 0.0199. The Balaban J connectivity index is 1.81. The number of hydrogen-bond acceptors (Lipinski definition) is 3. The normalized spacial score (nSPS) is 12.0. The van der Waals surface area contributed by atoms with Gasteiger partial charge in [0.2, 0.25) is 5.91 Å². The summed E-state index contributed by atoms with van der Waals surface area (Å²) < 4.78 is 67.4. The van der Waals surface area contributed by atoms with Crippen LogP contribution >= 0.6 is 0 Å². The van der Waals surface area contributed by atoms with Crippen molar-refractivity contribution in [3.05, 3.63) is 58.0 Å². The van der Waals surface area contributed by atoms with E-state index in [-0.39, 0.29) is 29.7 Å². The number of benzene rings is 1. The molecule has 1 amide bonds. The maximum Gasteiger partial charge on any atom is 0.416 e. The van der Waals surface area contributed by atoms with Gasteiger partial charge in [-0.25, -0.2) is 8.78 Å². The first-order chi connectivity index (χ1) is 14.1. The Morgan fingerprint density at radius 2 is 1.97 bits per heavy atom. The lowest BCUT2D eigenvalue weighted by Gasteiger charge is -2.11. The molecular weight excluding hydrogens is 411 g/mol. The van der Waals surface area contributed by atoms with Crippen LogP contribution in [-0.2, 0) is 24.1 Å². The SMILES string of the molecule is CCn1cc2c(C(F)F)cc(=O)n(CCC(=O)Nc3cccc(C(F)(F)F)c3)c2n1. The minimum Gasteiger partial charge on any atom is -0.326 e. The van der Waals surface area contributed by atoms with E-state index in [4.69, 9.17) is 0 Å². The van der Waals surface area contributed by atoms with E-state index in [2.05, 4.69) is 10.4 Å². The van der Waals surface area contributed by atoms with Crippen LogP contribution in [0.4, 0.5) is 27.6 Å². The molecule has 0 saturated carbocycles. The van der Waals surface area contributed by atoms with Crippen molar-refractivity contribution >= 4 is 22.6 Å². The second-order valence-corrected chi connectivity index (χ2v) is 6.49. The molecule has 2 aromatic heterocycles. The summed E-state index contributed by atoms with van der Waals surface area (Å²) in [4.78, 5) is 24.5. The smallest absolute Gasteiger partial charge is 0.326 e. The Morgan fingerprint density at radius 1 is 1.23 bits per heavy atom. The van der Waals surface area contributed by atoms with Crippen molar-refractivity contribution in [2.75, 3.05) is 5.32 Å². The standard InChI is InChI=1S/C19H17F5N4O2/c1-2-27-10-14-13(17(20)21)9-16(30)28(18(14)26-27)7-6-15(29)25-12-5-3-4-11(8-12)19(22,23)24/h3-5,8-10,17H,2,6-7H2,1H3,(H,25,29). The van der Waals surface area contributed by atoms with Crippen LogP contribution in [0.5, 0.6) is 0 Å². The number of hydrogen-bond donors (Lipinski definition) is 1. The first-order valence-corrected chi connectivity index (χ1v) is 8.96. The van der Waals surface area contributed by atoms with Crippen molar-refractivity contribution in [1.82, 2.24) is 14.3 Å². The van der Waals surface area contributed by atoms with Crippen LogP contribution in [0.15, 0.2) is 41.3 Å². The predicted octanol–water partition coefficient (Wildman–Crippen LogP) is 4.20. The Bertz CT molecular complexity index is 1130. The van der Waals surface area contributed by atoms with Crippen molar-refractivity contribution in [2.24, 2.45) is 0 Å². The molecule has 0 saturated heterocycles. The highest BCUT2D eigenvalue weighted by Gasteiger charge is 2.30. The van der Waals surface area contributed by atoms with E-state index in [0.717, 1.165) is 28.8 Å². The molecule has 0 aliphatic heterocycles. The number of amides is 1. The number of alkyl halides is 5. The number of aryl methyl sites for hydroxylation is 2. The van der Waals surface area contributed by atoms with Gasteiger partial charge in [0.15, 0.2) is 5.65 Å². The molecule has 0 aliphatic carbocycles. The summed E-state index contributed by atoms with van der Waals surface area (Å²) in [5, 5.41) is 6.57. The molecule has 1 aromatic carbocycles. The molecule has 30 heavy (non-hydrogen) atoms. The zero-order valence-electron chi connectivity index (χ0n) is 15.7. The number of fused-ring (bicyclic) bond motifs is 1. The Morgan fingerprint density at radius 3 is 2.60 bits per heavy atom. The molecule has 1 N–H and O–H groups in total. The van der Waals surface area contributed by atoms with E-state index in [1.807, 2.05) is 0 Å². The first-order valence-electron chi connectivity index (χ1n) is 8.96. The van der Waals surface area contributed by atoms with Crippen LogP contribution < -0.4 is 10.9 Å². The Labute approximate surface area is 166 Å². The molecule has 0 unspecified atom stereocenters. The fourth-order valence-electron chi connectivity index (χ4n) is 2.98. The molecule has 2 heterocycles. The summed E-state index contributed by atoms with van der Waals surface area (Å²) in [6.45, 7) is 1.96. The van der Waals surface area contributed by atoms with Crippen LogP contribution in [0.25, 0.3) is 11.0 Å². The zero-order valence-corrected chi connectivity index (χ0v) is 15.7. The summed E-state index contributed by atoms with van der Waals surface area (Å²) in [6, 6.07) is 4.94. The Kier molecular flexibility index (Phi) is 5.90. The molecule has 0 atom stereocenters. The lowest BCUT2D eigenvalue weighted by atomic mass is 10.2. The Hall–Kier alpha value is -3.24. The van der Waals surface area contributed by atoms with Gasteiger partial charge in [-0.3, -0.25) is 18.8 Å². The number of carbonyl (C=O) groups excluding carboxylic acids is 1. The number of halogens is 5. The fourth-order valence-corrected chi connectivity index (χ4v) is 2.98. The molecule has 0 bridgehead atoms. The van der Waals surface area contributed by atoms with Gasteiger partial charge < -0.3 is 5.32 Å². The van der Waals surface area contributed by atoms with Gasteiger partial charge in [0, 0.05) is 48.4 Å².